The van der Waals surface area contributed by atoms with Gasteiger partial charge < -0.3 is 10.0 Å². The summed E-state index contributed by atoms with van der Waals surface area (Å²) < 4.78 is 14.0. The molecule has 18 heavy (non-hydrogen) atoms. The number of aliphatic hydroxyl groups is 1. The van der Waals surface area contributed by atoms with Gasteiger partial charge >= 0.3 is 0 Å². The predicted octanol–water partition coefficient (Wildman–Crippen LogP) is 2.63. The van der Waals surface area contributed by atoms with Crippen molar-refractivity contribution in [1.29, 1.82) is 0 Å². The molecule has 4 heteroatoms. The number of Topliss-reactive ketones (excluding diaryl/α,β-unsaturated/α-hetero) is 1. The van der Waals surface area contributed by atoms with E-state index in [2.05, 4.69) is 0 Å². The van der Waals surface area contributed by atoms with Crippen molar-refractivity contribution in [3.8, 4) is 0 Å². The topological polar surface area (TPSA) is 40.5 Å². The zero-order valence-corrected chi connectivity index (χ0v) is 11.1. The maximum Gasteiger partial charge on any atom is 0.159 e. The number of hydrogen-bond acceptors (Lipinski definition) is 3. The molecule has 100 valence electrons. The van der Waals surface area contributed by atoms with Crippen molar-refractivity contribution >= 4 is 11.5 Å². The van der Waals surface area contributed by atoms with Crippen molar-refractivity contribution in [1.82, 2.24) is 0 Å². The van der Waals surface area contributed by atoms with Crippen LogP contribution in [0.15, 0.2) is 18.2 Å². The molecule has 1 N–H and O–H groups in total. The summed E-state index contributed by atoms with van der Waals surface area (Å²) in [5.74, 6) is -0.541. The highest BCUT2D eigenvalue weighted by Crippen LogP contribution is 2.23. The van der Waals surface area contributed by atoms with E-state index in [9.17, 15) is 9.18 Å². The monoisotopic (exact) mass is 253 g/mol. The van der Waals surface area contributed by atoms with Crippen LogP contribution >= 0.6 is 0 Å². The minimum atomic E-state index is -0.394. The van der Waals surface area contributed by atoms with Crippen LogP contribution in [0.25, 0.3) is 0 Å². The summed E-state index contributed by atoms with van der Waals surface area (Å²) in [5, 5.41) is 8.86. The van der Waals surface area contributed by atoms with E-state index in [1.54, 1.807) is 12.1 Å². The molecule has 0 bridgehead atoms. The van der Waals surface area contributed by atoms with Gasteiger partial charge in [-0.15, -0.1) is 0 Å². The fraction of sp³-hybridized carbons (Fsp3) is 0.500. The highest BCUT2D eigenvalue weighted by molar-refractivity contribution is 5.94. The van der Waals surface area contributed by atoms with Crippen LogP contribution in [0.3, 0.4) is 0 Å². The number of rotatable bonds is 6. The van der Waals surface area contributed by atoms with Gasteiger partial charge in [0.15, 0.2) is 5.78 Å². The Balaban J connectivity index is 3.01. The maximum absolute atomic E-state index is 14.0. The first kappa shape index (κ1) is 14.6. The summed E-state index contributed by atoms with van der Waals surface area (Å²) in [5.41, 5.74) is 0.852. The second kappa shape index (κ2) is 6.50. The summed E-state index contributed by atoms with van der Waals surface area (Å²) in [7, 11) is 0. The van der Waals surface area contributed by atoms with Crippen LogP contribution in [-0.2, 0) is 0 Å². The van der Waals surface area contributed by atoms with E-state index in [1.807, 2.05) is 18.7 Å². The molecule has 1 aromatic rings. The summed E-state index contributed by atoms with van der Waals surface area (Å²) in [6, 6.07) is 4.67. The number of nitrogens with zero attached hydrogens (tertiary/aromatic N) is 1. The third kappa shape index (κ3) is 3.53. The van der Waals surface area contributed by atoms with Gasteiger partial charge in [0.25, 0.3) is 0 Å². The van der Waals surface area contributed by atoms with Gasteiger partial charge in [-0.1, -0.05) is 0 Å². The maximum atomic E-state index is 14.0. The van der Waals surface area contributed by atoms with E-state index in [4.69, 9.17) is 5.11 Å². The number of hydrogen-bond donors (Lipinski definition) is 1. The number of carbonyl (C=O) groups excluding carboxylic acids is 1. The lowest BCUT2D eigenvalue weighted by atomic mass is 10.1. The fourth-order valence-corrected chi connectivity index (χ4v) is 1.86. The highest BCUT2D eigenvalue weighted by atomic mass is 19.1. The first-order valence-electron chi connectivity index (χ1n) is 6.15. The molecule has 1 rings (SSSR count). The Labute approximate surface area is 107 Å². The van der Waals surface area contributed by atoms with Crippen molar-refractivity contribution in [2.75, 3.05) is 18.1 Å². The molecule has 0 heterocycles. The van der Waals surface area contributed by atoms with Gasteiger partial charge in [-0.3, -0.25) is 4.79 Å². The SMILES string of the molecule is CC(=O)c1ccc(N(CCCO)C(C)C)c(F)c1. The number of anilines is 1. The van der Waals surface area contributed by atoms with E-state index in [1.165, 1.54) is 13.0 Å². The molecule has 0 atom stereocenters. The van der Waals surface area contributed by atoms with Gasteiger partial charge in [0, 0.05) is 24.8 Å². The van der Waals surface area contributed by atoms with Crippen LogP contribution in [0.5, 0.6) is 0 Å². The summed E-state index contributed by atoms with van der Waals surface area (Å²) >= 11 is 0. The van der Waals surface area contributed by atoms with Gasteiger partial charge in [0.2, 0.25) is 0 Å². The van der Waals surface area contributed by atoms with Gasteiger partial charge in [-0.25, -0.2) is 4.39 Å². The minimum absolute atomic E-state index is 0.0797. The van der Waals surface area contributed by atoms with Crippen LogP contribution in [0, 0.1) is 5.82 Å². The fourth-order valence-electron chi connectivity index (χ4n) is 1.86. The average Bonchev–Trinajstić information content (AvgIpc) is 2.30. The lowest BCUT2D eigenvalue weighted by Crippen LogP contribution is -2.33. The third-order valence-electron chi connectivity index (χ3n) is 2.84. The van der Waals surface area contributed by atoms with E-state index < -0.39 is 5.82 Å². The number of ketones is 1. The standard InChI is InChI=1S/C14H20FNO2/c1-10(2)16(7-4-8-17)14-6-5-12(11(3)18)9-13(14)15/h5-6,9-10,17H,4,7-8H2,1-3H3. The van der Waals surface area contributed by atoms with Gasteiger partial charge in [-0.2, -0.15) is 0 Å². The van der Waals surface area contributed by atoms with E-state index in [0.717, 1.165) is 0 Å². The Morgan fingerprint density at radius 3 is 2.56 bits per heavy atom. The molecule has 0 aliphatic rings. The Kier molecular flexibility index (Phi) is 5.28. The largest absolute Gasteiger partial charge is 0.396 e. The van der Waals surface area contributed by atoms with Crippen LogP contribution in [0.1, 0.15) is 37.6 Å². The van der Waals surface area contributed by atoms with Crippen LogP contribution in [0.4, 0.5) is 10.1 Å². The van der Waals surface area contributed by atoms with E-state index in [0.29, 0.717) is 24.2 Å². The highest BCUT2D eigenvalue weighted by Gasteiger charge is 2.15. The second-order valence-electron chi connectivity index (χ2n) is 4.59. The molecule has 0 aliphatic carbocycles. The quantitative estimate of drug-likeness (QED) is 0.792. The zero-order valence-electron chi connectivity index (χ0n) is 11.1. The van der Waals surface area contributed by atoms with Crippen molar-refractivity contribution in [3.63, 3.8) is 0 Å². The minimum Gasteiger partial charge on any atom is -0.396 e. The number of carbonyl (C=O) groups is 1. The van der Waals surface area contributed by atoms with Crippen LogP contribution in [-0.4, -0.2) is 30.1 Å². The molecule has 0 amide bonds. The Morgan fingerprint density at radius 2 is 2.11 bits per heavy atom. The summed E-state index contributed by atoms with van der Waals surface area (Å²) in [6.07, 6.45) is 0.589. The first-order chi connectivity index (χ1) is 8.47. The molecule has 0 spiro atoms. The number of benzene rings is 1. The second-order valence-corrected chi connectivity index (χ2v) is 4.59. The van der Waals surface area contributed by atoms with Gasteiger partial charge in [0.05, 0.1) is 5.69 Å². The van der Waals surface area contributed by atoms with Crippen molar-refractivity contribution in [2.24, 2.45) is 0 Å². The number of halogens is 1. The molecule has 0 aromatic heterocycles. The molecule has 0 unspecified atom stereocenters. The molecule has 0 saturated carbocycles. The molecule has 0 saturated heterocycles. The van der Waals surface area contributed by atoms with E-state index in [-0.39, 0.29) is 18.4 Å². The summed E-state index contributed by atoms with van der Waals surface area (Å²) in [6.45, 7) is 6.02. The zero-order chi connectivity index (χ0) is 13.7. The molecular weight excluding hydrogens is 233 g/mol. The van der Waals surface area contributed by atoms with E-state index >= 15 is 0 Å². The molecule has 0 aliphatic heterocycles. The van der Waals surface area contributed by atoms with Crippen LogP contribution in [0.2, 0.25) is 0 Å². The number of aliphatic hydroxyl groups excluding tert-OH is 1. The molecular formula is C14H20FNO2. The molecule has 0 fully saturated rings. The Morgan fingerprint density at radius 1 is 1.44 bits per heavy atom. The van der Waals surface area contributed by atoms with Crippen molar-refractivity contribution in [3.05, 3.63) is 29.6 Å². The molecule has 0 radical (unpaired) electrons. The smallest absolute Gasteiger partial charge is 0.159 e. The Hall–Kier alpha value is -1.42. The lowest BCUT2D eigenvalue weighted by Gasteiger charge is -2.29. The van der Waals surface area contributed by atoms with Crippen molar-refractivity contribution < 1.29 is 14.3 Å². The van der Waals surface area contributed by atoms with Gasteiger partial charge in [0.1, 0.15) is 5.82 Å². The normalized spacial score (nSPS) is 10.8. The molecule has 1 aromatic carbocycles. The molecule has 3 nitrogen and oxygen atoms in total. The van der Waals surface area contributed by atoms with Gasteiger partial charge in [-0.05, 0) is 45.4 Å². The predicted molar refractivity (Wildman–Crippen MR) is 70.6 cm³/mol. The average molecular weight is 253 g/mol. The third-order valence-corrected chi connectivity index (χ3v) is 2.84. The summed E-state index contributed by atoms with van der Waals surface area (Å²) in [4.78, 5) is 13.1. The van der Waals surface area contributed by atoms with Crippen molar-refractivity contribution in [2.45, 2.75) is 33.2 Å². The van der Waals surface area contributed by atoms with Crippen LogP contribution < -0.4 is 4.90 Å². The lowest BCUT2D eigenvalue weighted by molar-refractivity contribution is 0.101. The first-order valence-corrected chi connectivity index (χ1v) is 6.15. The Bertz CT molecular complexity index is 418.